The molecule has 0 aliphatic rings. The summed E-state index contributed by atoms with van der Waals surface area (Å²) in [5, 5.41) is 8.62. The fraction of sp³-hybridized carbons (Fsp3) is 0.333. The van der Waals surface area contributed by atoms with E-state index in [-0.39, 0.29) is 6.54 Å². The Hall–Kier alpha value is -1.38. The van der Waals surface area contributed by atoms with E-state index in [4.69, 9.17) is 11.5 Å². The Kier molecular flexibility index (Phi) is 4.11. The Labute approximate surface area is 86.2 Å². The number of hydrogen-bond acceptors (Lipinski definition) is 4. The number of nitrogens with zero attached hydrogens (tertiary/aromatic N) is 2. The molecule has 0 radical (unpaired) electrons. The van der Waals surface area contributed by atoms with E-state index in [2.05, 4.69) is 10.9 Å². The van der Waals surface area contributed by atoms with Crippen LogP contribution < -0.4 is 0 Å². The second-order valence-corrected chi connectivity index (χ2v) is 3.68. The SMILES string of the molecule is C#CCN(CC(=O)O)Cc1cncs1. The Morgan fingerprint density at radius 3 is 3.07 bits per heavy atom. The summed E-state index contributed by atoms with van der Waals surface area (Å²) in [4.78, 5) is 17.1. The normalized spacial score (nSPS) is 10.0. The van der Waals surface area contributed by atoms with Gasteiger partial charge in [-0.15, -0.1) is 17.8 Å². The van der Waals surface area contributed by atoms with Crippen molar-refractivity contribution in [3.05, 3.63) is 16.6 Å². The molecule has 1 N–H and O–H groups in total. The first-order valence-electron chi connectivity index (χ1n) is 3.97. The molecular weight excluding hydrogens is 200 g/mol. The molecule has 1 rings (SSSR count). The molecule has 4 nitrogen and oxygen atoms in total. The third-order valence-electron chi connectivity index (χ3n) is 1.54. The summed E-state index contributed by atoms with van der Waals surface area (Å²) in [7, 11) is 0. The summed E-state index contributed by atoms with van der Waals surface area (Å²) in [5.74, 6) is 1.56. The van der Waals surface area contributed by atoms with Gasteiger partial charge in [0.2, 0.25) is 0 Å². The van der Waals surface area contributed by atoms with E-state index >= 15 is 0 Å². The molecule has 1 aromatic rings. The highest BCUT2D eigenvalue weighted by atomic mass is 32.1. The van der Waals surface area contributed by atoms with Crippen molar-refractivity contribution in [2.75, 3.05) is 13.1 Å². The van der Waals surface area contributed by atoms with E-state index in [0.717, 1.165) is 4.88 Å². The number of rotatable bonds is 5. The first-order chi connectivity index (χ1) is 6.72. The lowest BCUT2D eigenvalue weighted by atomic mass is 10.4. The van der Waals surface area contributed by atoms with Crippen LogP contribution in [-0.4, -0.2) is 34.0 Å². The van der Waals surface area contributed by atoms with Crippen molar-refractivity contribution in [1.29, 1.82) is 0 Å². The van der Waals surface area contributed by atoms with Crippen LogP contribution in [-0.2, 0) is 11.3 Å². The van der Waals surface area contributed by atoms with Gasteiger partial charge in [0.1, 0.15) is 0 Å². The van der Waals surface area contributed by atoms with Crippen LogP contribution in [0.25, 0.3) is 0 Å². The fourth-order valence-electron chi connectivity index (χ4n) is 1.03. The molecule has 0 amide bonds. The molecule has 0 saturated heterocycles. The Morgan fingerprint density at radius 2 is 2.57 bits per heavy atom. The van der Waals surface area contributed by atoms with Gasteiger partial charge in [-0.05, 0) is 0 Å². The van der Waals surface area contributed by atoms with E-state index in [0.29, 0.717) is 13.1 Å². The van der Waals surface area contributed by atoms with Crippen LogP contribution in [0.1, 0.15) is 4.88 Å². The van der Waals surface area contributed by atoms with Crippen molar-refractivity contribution in [2.24, 2.45) is 0 Å². The van der Waals surface area contributed by atoms with Crippen molar-refractivity contribution in [2.45, 2.75) is 6.54 Å². The van der Waals surface area contributed by atoms with Gasteiger partial charge in [-0.2, -0.15) is 0 Å². The third-order valence-corrected chi connectivity index (χ3v) is 2.30. The van der Waals surface area contributed by atoms with E-state index < -0.39 is 5.97 Å². The second-order valence-electron chi connectivity index (χ2n) is 2.71. The standard InChI is InChI=1S/C9H10N2O2S/c1-2-3-11(6-9(12)13)5-8-4-10-7-14-8/h1,4,7H,3,5-6H2,(H,12,13). The molecule has 0 fully saturated rings. The predicted molar refractivity (Wildman–Crippen MR) is 53.9 cm³/mol. The lowest BCUT2D eigenvalue weighted by Crippen LogP contribution is -2.29. The van der Waals surface area contributed by atoms with Crippen molar-refractivity contribution in [3.8, 4) is 12.3 Å². The molecule has 74 valence electrons. The maximum absolute atomic E-state index is 10.5. The number of carboxylic acid groups (broad SMARTS) is 1. The van der Waals surface area contributed by atoms with Crippen LogP contribution in [0.3, 0.4) is 0 Å². The maximum Gasteiger partial charge on any atom is 0.317 e. The summed E-state index contributed by atoms with van der Waals surface area (Å²) in [6.07, 6.45) is 6.86. The highest BCUT2D eigenvalue weighted by molar-refractivity contribution is 7.09. The van der Waals surface area contributed by atoms with Gasteiger partial charge in [0.15, 0.2) is 0 Å². The number of aromatic nitrogens is 1. The number of thiazole rings is 1. The van der Waals surface area contributed by atoms with Gasteiger partial charge < -0.3 is 5.11 Å². The summed E-state index contributed by atoms with van der Waals surface area (Å²) < 4.78 is 0. The van der Waals surface area contributed by atoms with Crippen molar-refractivity contribution in [3.63, 3.8) is 0 Å². The molecule has 0 bridgehead atoms. The Bertz CT molecular complexity index is 329. The van der Waals surface area contributed by atoms with E-state index in [1.54, 1.807) is 16.6 Å². The first kappa shape index (κ1) is 10.7. The Morgan fingerprint density at radius 1 is 1.79 bits per heavy atom. The minimum absolute atomic E-state index is 0.0396. The third kappa shape index (κ3) is 3.56. The van der Waals surface area contributed by atoms with Crippen molar-refractivity contribution < 1.29 is 9.90 Å². The minimum atomic E-state index is -0.871. The lowest BCUT2D eigenvalue weighted by molar-refractivity contribution is -0.138. The zero-order valence-corrected chi connectivity index (χ0v) is 8.33. The molecule has 1 aromatic heterocycles. The Balaban J connectivity index is 2.52. The zero-order chi connectivity index (χ0) is 10.4. The van der Waals surface area contributed by atoms with Crippen molar-refractivity contribution >= 4 is 17.3 Å². The monoisotopic (exact) mass is 210 g/mol. The van der Waals surface area contributed by atoms with E-state index in [1.807, 2.05) is 0 Å². The maximum atomic E-state index is 10.5. The number of hydrogen-bond donors (Lipinski definition) is 1. The molecule has 0 aromatic carbocycles. The minimum Gasteiger partial charge on any atom is -0.480 e. The van der Waals surface area contributed by atoms with Crippen LogP contribution in [0.4, 0.5) is 0 Å². The van der Waals surface area contributed by atoms with Gasteiger partial charge >= 0.3 is 5.97 Å². The molecule has 1 heterocycles. The number of aliphatic carboxylic acids is 1. The summed E-state index contributed by atoms with van der Waals surface area (Å²) >= 11 is 1.49. The van der Waals surface area contributed by atoms with Crippen LogP contribution in [0, 0.1) is 12.3 Å². The van der Waals surface area contributed by atoms with Gasteiger partial charge in [0.25, 0.3) is 0 Å². The van der Waals surface area contributed by atoms with Crippen LogP contribution in [0.2, 0.25) is 0 Å². The molecule has 0 saturated carbocycles. The largest absolute Gasteiger partial charge is 0.480 e. The van der Waals surface area contributed by atoms with Gasteiger partial charge in [-0.1, -0.05) is 5.92 Å². The second kappa shape index (κ2) is 5.37. The molecule has 0 aliphatic carbocycles. The van der Waals surface area contributed by atoms with Crippen LogP contribution >= 0.6 is 11.3 Å². The van der Waals surface area contributed by atoms with Gasteiger partial charge in [0, 0.05) is 17.6 Å². The number of carboxylic acids is 1. The zero-order valence-electron chi connectivity index (χ0n) is 7.51. The molecule has 0 unspecified atom stereocenters. The molecular formula is C9H10N2O2S. The topological polar surface area (TPSA) is 53.4 Å². The highest BCUT2D eigenvalue weighted by Crippen LogP contribution is 2.08. The van der Waals surface area contributed by atoms with E-state index in [9.17, 15) is 4.79 Å². The molecule has 0 aliphatic heterocycles. The average molecular weight is 210 g/mol. The van der Waals surface area contributed by atoms with Gasteiger partial charge in [0.05, 0.1) is 18.6 Å². The summed E-state index contributed by atoms with van der Waals surface area (Å²) in [6, 6.07) is 0. The number of carbonyl (C=O) groups is 1. The first-order valence-corrected chi connectivity index (χ1v) is 4.85. The van der Waals surface area contributed by atoms with Crippen LogP contribution in [0.5, 0.6) is 0 Å². The van der Waals surface area contributed by atoms with Crippen molar-refractivity contribution in [1.82, 2.24) is 9.88 Å². The van der Waals surface area contributed by atoms with E-state index in [1.165, 1.54) is 11.3 Å². The summed E-state index contributed by atoms with van der Waals surface area (Å²) in [6.45, 7) is 0.841. The molecule has 14 heavy (non-hydrogen) atoms. The summed E-state index contributed by atoms with van der Waals surface area (Å²) in [5.41, 5.74) is 1.71. The molecule has 5 heteroatoms. The fourth-order valence-corrected chi connectivity index (χ4v) is 1.66. The predicted octanol–water partition coefficient (Wildman–Crippen LogP) is 0.663. The molecule has 0 atom stereocenters. The quantitative estimate of drug-likeness (QED) is 0.725. The highest BCUT2D eigenvalue weighted by Gasteiger charge is 2.09. The molecule has 0 spiro atoms. The smallest absolute Gasteiger partial charge is 0.317 e. The average Bonchev–Trinajstić information content (AvgIpc) is 2.56. The van der Waals surface area contributed by atoms with Crippen LogP contribution in [0.15, 0.2) is 11.7 Å². The number of terminal acetylenes is 1. The van der Waals surface area contributed by atoms with Gasteiger partial charge in [-0.25, -0.2) is 0 Å². The van der Waals surface area contributed by atoms with Gasteiger partial charge in [-0.3, -0.25) is 14.7 Å². The lowest BCUT2D eigenvalue weighted by Gasteiger charge is -2.15.